The van der Waals surface area contributed by atoms with Gasteiger partial charge in [0.15, 0.2) is 0 Å². The van der Waals surface area contributed by atoms with Crippen LogP contribution in [0.4, 0.5) is 0 Å². The normalized spacial score (nSPS) is 11.6. The van der Waals surface area contributed by atoms with Crippen molar-refractivity contribution in [3.05, 3.63) is 40.4 Å². The lowest BCUT2D eigenvalue weighted by Crippen LogP contribution is -2.35. The number of rotatable bonds is 6. The second kappa shape index (κ2) is 8.25. The van der Waals surface area contributed by atoms with Gasteiger partial charge in [-0.05, 0) is 35.6 Å². The molecule has 0 aliphatic rings. The summed E-state index contributed by atoms with van der Waals surface area (Å²) < 4.78 is 1.04. The van der Waals surface area contributed by atoms with Gasteiger partial charge in [-0.3, -0.25) is 4.79 Å². The van der Waals surface area contributed by atoms with Crippen molar-refractivity contribution in [3.8, 4) is 0 Å². The number of nitrogens with zero attached hydrogens (tertiary/aromatic N) is 1. The van der Waals surface area contributed by atoms with Crippen molar-refractivity contribution >= 4 is 27.9 Å². The molecule has 0 aliphatic heterocycles. The van der Waals surface area contributed by atoms with E-state index >= 15 is 0 Å². The third kappa shape index (κ3) is 6.38. The van der Waals surface area contributed by atoms with Gasteiger partial charge in [0.25, 0.3) is 0 Å². The third-order valence-corrected chi connectivity index (χ3v) is 3.30. The highest BCUT2D eigenvalue weighted by atomic mass is 79.9. The topological polar surface area (TPSA) is 20.3 Å². The average molecular weight is 338 g/mol. The number of amides is 1. The summed E-state index contributed by atoms with van der Waals surface area (Å²) in [6.45, 7) is 10.2. The van der Waals surface area contributed by atoms with Crippen LogP contribution in [0.1, 0.15) is 33.3 Å². The van der Waals surface area contributed by atoms with E-state index in [1.165, 1.54) is 0 Å². The fourth-order valence-electron chi connectivity index (χ4n) is 1.98. The van der Waals surface area contributed by atoms with Crippen LogP contribution in [0, 0.1) is 11.8 Å². The molecule has 0 saturated carbocycles. The number of carbonyl (C=O) groups is 1. The Morgan fingerprint density at radius 3 is 2.05 bits per heavy atom. The Labute approximate surface area is 131 Å². The van der Waals surface area contributed by atoms with E-state index in [1.807, 2.05) is 35.2 Å². The van der Waals surface area contributed by atoms with Crippen LogP contribution in [0.25, 0.3) is 6.08 Å². The van der Waals surface area contributed by atoms with Gasteiger partial charge in [-0.25, -0.2) is 0 Å². The molecule has 20 heavy (non-hydrogen) atoms. The zero-order valence-electron chi connectivity index (χ0n) is 12.8. The first-order valence-corrected chi connectivity index (χ1v) is 7.90. The second-order valence-electron chi connectivity index (χ2n) is 5.92. The molecule has 0 atom stereocenters. The molecule has 0 saturated heterocycles. The largest absolute Gasteiger partial charge is 0.339 e. The Kier molecular flexibility index (Phi) is 7.00. The maximum Gasteiger partial charge on any atom is 0.246 e. The summed E-state index contributed by atoms with van der Waals surface area (Å²) in [7, 11) is 0. The molecule has 0 N–H and O–H groups in total. The molecule has 0 radical (unpaired) electrons. The van der Waals surface area contributed by atoms with Gasteiger partial charge in [0.05, 0.1) is 0 Å². The molecule has 110 valence electrons. The molecule has 0 aliphatic carbocycles. The molecule has 1 amide bonds. The van der Waals surface area contributed by atoms with Crippen molar-refractivity contribution in [2.24, 2.45) is 11.8 Å². The predicted octanol–water partition coefficient (Wildman–Crippen LogP) is 4.60. The van der Waals surface area contributed by atoms with Crippen molar-refractivity contribution in [1.29, 1.82) is 0 Å². The smallest absolute Gasteiger partial charge is 0.246 e. The fraction of sp³-hybridized carbons (Fsp3) is 0.471. The van der Waals surface area contributed by atoms with Crippen molar-refractivity contribution in [1.82, 2.24) is 4.90 Å². The fourth-order valence-corrected chi connectivity index (χ4v) is 2.25. The molecule has 0 heterocycles. The summed E-state index contributed by atoms with van der Waals surface area (Å²) >= 11 is 3.40. The first kappa shape index (κ1) is 17.0. The van der Waals surface area contributed by atoms with E-state index in [-0.39, 0.29) is 5.91 Å². The van der Waals surface area contributed by atoms with Crippen LogP contribution in [0.2, 0.25) is 0 Å². The van der Waals surface area contributed by atoms with Crippen LogP contribution in [-0.2, 0) is 4.79 Å². The average Bonchev–Trinajstić information content (AvgIpc) is 2.36. The van der Waals surface area contributed by atoms with Crippen molar-refractivity contribution in [2.75, 3.05) is 13.1 Å². The first-order chi connectivity index (χ1) is 9.38. The molecular formula is C17H24BrNO. The molecule has 0 aromatic heterocycles. The highest BCUT2D eigenvalue weighted by Crippen LogP contribution is 2.12. The molecule has 1 aromatic carbocycles. The van der Waals surface area contributed by atoms with Crippen molar-refractivity contribution in [3.63, 3.8) is 0 Å². The first-order valence-electron chi connectivity index (χ1n) is 7.11. The van der Waals surface area contributed by atoms with E-state index < -0.39 is 0 Å². The number of hydrogen-bond donors (Lipinski definition) is 0. The summed E-state index contributed by atoms with van der Waals surface area (Å²) in [6.07, 6.45) is 3.55. The minimum absolute atomic E-state index is 0.0929. The quantitative estimate of drug-likeness (QED) is 0.694. The monoisotopic (exact) mass is 337 g/mol. The Bertz CT molecular complexity index is 439. The minimum Gasteiger partial charge on any atom is -0.339 e. The van der Waals surface area contributed by atoms with Gasteiger partial charge in [-0.2, -0.15) is 0 Å². The molecule has 1 rings (SSSR count). The summed E-state index contributed by atoms with van der Waals surface area (Å²) in [5.74, 6) is 1.06. The Morgan fingerprint density at radius 1 is 1.10 bits per heavy atom. The lowest BCUT2D eigenvalue weighted by molar-refractivity contribution is -0.127. The zero-order valence-corrected chi connectivity index (χ0v) is 14.4. The molecule has 0 spiro atoms. The maximum absolute atomic E-state index is 12.3. The number of halogens is 1. The van der Waals surface area contributed by atoms with Gasteiger partial charge in [0.1, 0.15) is 0 Å². The second-order valence-corrected chi connectivity index (χ2v) is 6.83. The highest BCUT2D eigenvalue weighted by Gasteiger charge is 2.13. The standard InChI is InChI=1S/C17H24BrNO/c1-13(2)11-19(12-14(3)4)17(20)10-7-15-5-8-16(18)9-6-15/h5-10,13-14H,11-12H2,1-4H3/b10-7+. The van der Waals surface area contributed by atoms with Gasteiger partial charge in [0.2, 0.25) is 5.91 Å². The molecule has 0 unspecified atom stereocenters. The molecule has 0 fully saturated rings. The number of benzene rings is 1. The molecule has 1 aromatic rings. The van der Waals surface area contributed by atoms with E-state index in [0.717, 1.165) is 23.1 Å². The predicted molar refractivity (Wildman–Crippen MR) is 89.4 cm³/mol. The van der Waals surface area contributed by atoms with E-state index in [0.29, 0.717) is 11.8 Å². The Hall–Kier alpha value is -1.09. The van der Waals surface area contributed by atoms with E-state index in [1.54, 1.807) is 6.08 Å². The molecular weight excluding hydrogens is 314 g/mol. The van der Waals surface area contributed by atoms with Gasteiger partial charge in [0, 0.05) is 23.6 Å². The van der Waals surface area contributed by atoms with Crippen LogP contribution < -0.4 is 0 Å². The van der Waals surface area contributed by atoms with Gasteiger partial charge in [-0.1, -0.05) is 55.8 Å². The summed E-state index contributed by atoms with van der Waals surface area (Å²) in [5.41, 5.74) is 1.04. The molecule has 0 bridgehead atoms. The highest BCUT2D eigenvalue weighted by molar-refractivity contribution is 9.10. The molecule has 2 nitrogen and oxygen atoms in total. The third-order valence-electron chi connectivity index (χ3n) is 2.77. The van der Waals surface area contributed by atoms with Gasteiger partial charge >= 0.3 is 0 Å². The zero-order chi connectivity index (χ0) is 15.1. The molecule has 3 heteroatoms. The van der Waals surface area contributed by atoms with E-state index in [9.17, 15) is 4.79 Å². The van der Waals surface area contributed by atoms with E-state index in [2.05, 4.69) is 43.6 Å². The van der Waals surface area contributed by atoms with E-state index in [4.69, 9.17) is 0 Å². The Morgan fingerprint density at radius 2 is 1.60 bits per heavy atom. The van der Waals surface area contributed by atoms with Gasteiger partial charge in [-0.15, -0.1) is 0 Å². The van der Waals surface area contributed by atoms with Crippen molar-refractivity contribution < 1.29 is 4.79 Å². The Balaban J connectivity index is 2.71. The lowest BCUT2D eigenvalue weighted by atomic mass is 10.1. The summed E-state index contributed by atoms with van der Waals surface area (Å²) in [5, 5.41) is 0. The van der Waals surface area contributed by atoms with Crippen LogP contribution >= 0.6 is 15.9 Å². The SMILES string of the molecule is CC(C)CN(CC(C)C)C(=O)/C=C/c1ccc(Br)cc1. The lowest BCUT2D eigenvalue weighted by Gasteiger charge is -2.25. The minimum atomic E-state index is 0.0929. The van der Waals surface area contributed by atoms with Crippen LogP contribution in [0.3, 0.4) is 0 Å². The van der Waals surface area contributed by atoms with Crippen LogP contribution in [-0.4, -0.2) is 23.9 Å². The number of carbonyl (C=O) groups excluding carboxylic acids is 1. The van der Waals surface area contributed by atoms with Crippen LogP contribution in [0.15, 0.2) is 34.8 Å². The summed E-state index contributed by atoms with van der Waals surface area (Å²) in [6, 6.07) is 7.93. The van der Waals surface area contributed by atoms with Crippen molar-refractivity contribution in [2.45, 2.75) is 27.7 Å². The van der Waals surface area contributed by atoms with Crippen LogP contribution in [0.5, 0.6) is 0 Å². The maximum atomic E-state index is 12.3. The van der Waals surface area contributed by atoms with Gasteiger partial charge < -0.3 is 4.90 Å². The number of hydrogen-bond acceptors (Lipinski definition) is 1. The summed E-state index contributed by atoms with van der Waals surface area (Å²) in [4.78, 5) is 14.2.